The molecule has 1 heterocycles. The van der Waals surface area contributed by atoms with Crippen LogP contribution in [0, 0.1) is 19.7 Å². The number of carbonyl (C=O) groups is 2. The zero-order valence-electron chi connectivity index (χ0n) is 17.7. The third-order valence-corrected chi connectivity index (χ3v) is 4.78. The summed E-state index contributed by atoms with van der Waals surface area (Å²) in [5.41, 5.74) is 2.44. The van der Waals surface area contributed by atoms with E-state index in [0.29, 0.717) is 22.8 Å². The van der Waals surface area contributed by atoms with Crippen LogP contribution in [0.5, 0.6) is 5.75 Å². The maximum atomic E-state index is 14.2. The highest BCUT2D eigenvalue weighted by atomic mass is 19.1. The first-order valence-corrected chi connectivity index (χ1v) is 9.65. The Balaban J connectivity index is 1.69. The van der Waals surface area contributed by atoms with E-state index in [1.165, 1.54) is 30.5 Å². The molecular weight excluding hydrogens is 401 g/mol. The van der Waals surface area contributed by atoms with Crippen LogP contribution in [0.3, 0.4) is 0 Å². The van der Waals surface area contributed by atoms with Crippen LogP contribution in [0.25, 0.3) is 0 Å². The average molecular weight is 425 g/mol. The number of ether oxygens (including phenoxy) is 1. The van der Waals surface area contributed by atoms with Crippen molar-refractivity contribution in [1.29, 1.82) is 0 Å². The number of benzene rings is 2. The molecule has 0 fully saturated rings. The normalized spacial score (nSPS) is 11.5. The number of nitrogens with one attached hydrogen (secondary N) is 3. The second-order valence-electron chi connectivity index (χ2n) is 7.10. The molecule has 3 aromatic rings. The van der Waals surface area contributed by atoms with Crippen LogP contribution in [0.2, 0.25) is 0 Å². The molecule has 0 aliphatic heterocycles. The van der Waals surface area contributed by atoms with Gasteiger partial charge in [-0.1, -0.05) is 17.7 Å². The SMILES string of the molecule is COc1ccc(C)cc1C(C)NC(=O)Nc1ccc(F)c(NC(=O)c2ccoc2C)c1. The number of rotatable bonds is 6. The van der Waals surface area contributed by atoms with Crippen molar-refractivity contribution in [3.63, 3.8) is 0 Å². The summed E-state index contributed by atoms with van der Waals surface area (Å²) in [5.74, 6) is -0.0444. The van der Waals surface area contributed by atoms with Crippen molar-refractivity contribution in [2.45, 2.75) is 26.8 Å². The lowest BCUT2D eigenvalue weighted by Crippen LogP contribution is -2.31. The van der Waals surface area contributed by atoms with Crippen LogP contribution in [-0.4, -0.2) is 19.0 Å². The summed E-state index contributed by atoms with van der Waals surface area (Å²) >= 11 is 0. The zero-order chi connectivity index (χ0) is 22.5. The van der Waals surface area contributed by atoms with Gasteiger partial charge in [-0.15, -0.1) is 0 Å². The molecule has 1 aromatic heterocycles. The third-order valence-electron chi connectivity index (χ3n) is 4.78. The van der Waals surface area contributed by atoms with Crippen LogP contribution >= 0.6 is 0 Å². The van der Waals surface area contributed by atoms with Crippen LogP contribution in [0.15, 0.2) is 53.1 Å². The number of aryl methyl sites for hydroxylation is 2. The summed E-state index contributed by atoms with van der Waals surface area (Å²) in [5, 5.41) is 7.97. The molecule has 162 valence electrons. The monoisotopic (exact) mass is 425 g/mol. The molecule has 3 amide bonds. The molecule has 0 radical (unpaired) electrons. The van der Waals surface area contributed by atoms with E-state index in [1.807, 2.05) is 32.0 Å². The molecule has 0 saturated heterocycles. The van der Waals surface area contributed by atoms with Gasteiger partial charge < -0.3 is 25.1 Å². The minimum atomic E-state index is -0.627. The number of anilines is 2. The average Bonchev–Trinajstić information content (AvgIpc) is 3.16. The molecule has 0 bridgehead atoms. The topological polar surface area (TPSA) is 92.6 Å². The molecule has 31 heavy (non-hydrogen) atoms. The van der Waals surface area contributed by atoms with Gasteiger partial charge in [-0.3, -0.25) is 4.79 Å². The fourth-order valence-electron chi connectivity index (χ4n) is 3.14. The van der Waals surface area contributed by atoms with Crippen molar-refractivity contribution in [3.05, 3.63) is 77.0 Å². The Morgan fingerprint density at radius 3 is 2.52 bits per heavy atom. The van der Waals surface area contributed by atoms with Crippen molar-refractivity contribution in [2.24, 2.45) is 0 Å². The van der Waals surface area contributed by atoms with Gasteiger partial charge in [-0.05, 0) is 51.1 Å². The Hall–Kier alpha value is -3.81. The predicted octanol–water partition coefficient (Wildman–Crippen LogP) is 5.18. The van der Waals surface area contributed by atoms with E-state index in [2.05, 4.69) is 16.0 Å². The van der Waals surface area contributed by atoms with Gasteiger partial charge in [0.25, 0.3) is 5.91 Å². The lowest BCUT2D eigenvalue weighted by atomic mass is 10.0. The highest BCUT2D eigenvalue weighted by Crippen LogP contribution is 2.26. The summed E-state index contributed by atoms with van der Waals surface area (Å²) < 4.78 is 24.6. The van der Waals surface area contributed by atoms with E-state index in [0.717, 1.165) is 11.1 Å². The minimum Gasteiger partial charge on any atom is -0.496 e. The summed E-state index contributed by atoms with van der Waals surface area (Å²) in [6.07, 6.45) is 1.38. The summed E-state index contributed by atoms with van der Waals surface area (Å²) in [7, 11) is 1.57. The summed E-state index contributed by atoms with van der Waals surface area (Å²) in [4.78, 5) is 24.8. The first-order valence-electron chi connectivity index (χ1n) is 9.65. The van der Waals surface area contributed by atoms with Crippen molar-refractivity contribution in [2.75, 3.05) is 17.7 Å². The first kappa shape index (κ1) is 21.9. The van der Waals surface area contributed by atoms with Gasteiger partial charge in [-0.25, -0.2) is 9.18 Å². The van der Waals surface area contributed by atoms with Crippen molar-refractivity contribution in [3.8, 4) is 5.75 Å². The van der Waals surface area contributed by atoms with Gasteiger partial charge in [0.2, 0.25) is 0 Å². The predicted molar refractivity (Wildman–Crippen MR) is 116 cm³/mol. The molecule has 0 aliphatic carbocycles. The van der Waals surface area contributed by atoms with E-state index in [9.17, 15) is 14.0 Å². The smallest absolute Gasteiger partial charge is 0.319 e. The molecule has 7 nitrogen and oxygen atoms in total. The number of carbonyl (C=O) groups excluding carboxylic acids is 2. The Labute approximate surface area is 179 Å². The van der Waals surface area contributed by atoms with Crippen molar-refractivity contribution in [1.82, 2.24) is 5.32 Å². The van der Waals surface area contributed by atoms with E-state index < -0.39 is 17.8 Å². The lowest BCUT2D eigenvalue weighted by molar-refractivity contribution is 0.102. The van der Waals surface area contributed by atoms with Crippen molar-refractivity contribution < 1.29 is 23.1 Å². The van der Waals surface area contributed by atoms with E-state index >= 15 is 0 Å². The quantitative estimate of drug-likeness (QED) is 0.507. The van der Waals surface area contributed by atoms with Crippen LogP contribution in [-0.2, 0) is 0 Å². The number of halogens is 1. The third kappa shape index (κ3) is 5.22. The Morgan fingerprint density at radius 1 is 1.06 bits per heavy atom. The second-order valence-corrected chi connectivity index (χ2v) is 7.10. The highest BCUT2D eigenvalue weighted by Gasteiger charge is 2.17. The summed E-state index contributed by atoms with van der Waals surface area (Å²) in [6.45, 7) is 5.42. The fourth-order valence-corrected chi connectivity index (χ4v) is 3.14. The van der Waals surface area contributed by atoms with Gasteiger partial charge >= 0.3 is 6.03 Å². The number of urea groups is 1. The van der Waals surface area contributed by atoms with E-state index in [4.69, 9.17) is 9.15 Å². The molecule has 2 aromatic carbocycles. The maximum absolute atomic E-state index is 14.2. The van der Waals surface area contributed by atoms with Crippen LogP contribution in [0.1, 0.15) is 40.2 Å². The fraction of sp³-hybridized carbons (Fsp3) is 0.217. The van der Waals surface area contributed by atoms with Gasteiger partial charge in [0, 0.05) is 11.3 Å². The Morgan fingerprint density at radius 2 is 1.84 bits per heavy atom. The summed E-state index contributed by atoms with van der Waals surface area (Å²) in [6, 6.07) is 10.3. The molecule has 0 aliphatic rings. The zero-order valence-corrected chi connectivity index (χ0v) is 17.7. The molecule has 0 saturated carbocycles. The Bertz CT molecular complexity index is 1110. The maximum Gasteiger partial charge on any atom is 0.319 e. The lowest BCUT2D eigenvalue weighted by Gasteiger charge is -2.18. The first-order chi connectivity index (χ1) is 14.8. The number of methoxy groups -OCH3 is 1. The molecule has 1 atom stereocenters. The molecule has 8 heteroatoms. The number of hydrogen-bond donors (Lipinski definition) is 3. The van der Waals surface area contributed by atoms with Crippen LogP contribution < -0.4 is 20.7 Å². The van der Waals surface area contributed by atoms with E-state index in [-0.39, 0.29) is 11.7 Å². The van der Waals surface area contributed by atoms with E-state index in [1.54, 1.807) is 14.0 Å². The molecule has 1 unspecified atom stereocenters. The highest BCUT2D eigenvalue weighted by molar-refractivity contribution is 6.05. The van der Waals surface area contributed by atoms with Gasteiger partial charge in [-0.2, -0.15) is 0 Å². The Kier molecular flexibility index (Phi) is 6.59. The molecule has 3 N–H and O–H groups in total. The number of hydrogen-bond acceptors (Lipinski definition) is 4. The molecule has 3 rings (SSSR count). The van der Waals surface area contributed by atoms with Crippen molar-refractivity contribution >= 4 is 23.3 Å². The van der Waals surface area contributed by atoms with Gasteiger partial charge in [0.1, 0.15) is 17.3 Å². The molecule has 0 spiro atoms. The minimum absolute atomic E-state index is 0.0585. The second kappa shape index (κ2) is 9.34. The number of furan rings is 1. The van der Waals surface area contributed by atoms with Crippen LogP contribution in [0.4, 0.5) is 20.6 Å². The van der Waals surface area contributed by atoms with Gasteiger partial charge in [0.15, 0.2) is 0 Å². The number of amides is 3. The largest absolute Gasteiger partial charge is 0.496 e. The molecular formula is C23H24FN3O4. The standard InChI is InChI=1S/C23H24FN3O4/c1-13-5-8-21(30-4)18(11-13)14(2)25-23(29)26-16-6-7-19(24)20(12-16)27-22(28)17-9-10-31-15(17)3/h5-12,14H,1-4H3,(H,27,28)(H2,25,26,29). The van der Waals surface area contributed by atoms with Gasteiger partial charge in [0.05, 0.1) is 30.7 Å².